The molecule has 7 heteroatoms. The van der Waals surface area contributed by atoms with Crippen LogP contribution in [-0.4, -0.2) is 16.0 Å². The molecule has 16 heavy (non-hydrogen) atoms. The lowest BCUT2D eigenvalue weighted by atomic mass is 10.1. The van der Waals surface area contributed by atoms with E-state index in [9.17, 15) is 14.9 Å². The van der Waals surface area contributed by atoms with Gasteiger partial charge in [-0.2, -0.15) is 0 Å². The molecule has 5 nitrogen and oxygen atoms in total. The fraction of sp³-hybridized carbons (Fsp3) is 0. The van der Waals surface area contributed by atoms with E-state index < -0.39 is 10.9 Å². The second-order valence-corrected chi connectivity index (χ2v) is 4.37. The zero-order chi connectivity index (χ0) is 12.3. The number of carboxylic acids is 1. The van der Waals surface area contributed by atoms with Crippen molar-refractivity contribution in [2.45, 2.75) is 0 Å². The first-order chi connectivity index (χ1) is 7.43. The van der Waals surface area contributed by atoms with Crippen molar-refractivity contribution >= 4 is 49.6 Å². The quantitative estimate of drug-likeness (QED) is 0.515. The Labute approximate surface area is 107 Å². The van der Waals surface area contributed by atoms with Gasteiger partial charge in [-0.25, -0.2) is 4.79 Å². The van der Waals surface area contributed by atoms with E-state index in [4.69, 9.17) is 5.11 Å². The fourth-order valence-corrected chi connectivity index (χ4v) is 1.84. The zero-order valence-electron chi connectivity index (χ0n) is 7.68. The SMILES string of the molecule is O=C(O)/C=C/c1c([N+](=O)[O-])ccc(Br)c1Br. The van der Waals surface area contributed by atoms with Crippen molar-refractivity contribution < 1.29 is 14.8 Å². The monoisotopic (exact) mass is 349 g/mol. The van der Waals surface area contributed by atoms with Gasteiger partial charge < -0.3 is 5.11 Å². The molecule has 0 radical (unpaired) electrons. The average molecular weight is 351 g/mol. The van der Waals surface area contributed by atoms with E-state index in [0.717, 1.165) is 6.08 Å². The molecule has 0 spiro atoms. The topological polar surface area (TPSA) is 80.4 Å². The highest BCUT2D eigenvalue weighted by Crippen LogP contribution is 2.34. The summed E-state index contributed by atoms with van der Waals surface area (Å²) < 4.78 is 1.06. The minimum absolute atomic E-state index is 0.160. The third-order valence-corrected chi connectivity index (χ3v) is 3.75. The summed E-state index contributed by atoms with van der Waals surface area (Å²) in [6, 6.07) is 2.82. The second kappa shape index (κ2) is 5.22. The van der Waals surface area contributed by atoms with Gasteiger partial charge in [0.1, 0.15) is 0 Å². The van der Waals surface area contributed by atoms with Crippen molar-refractivity contribution in [3.63, 3.8) is 0 Å². The van der Waals surface area contributed by atoms with Gasteiger partial charge in [-0.3, -0.25) is 10.1 Å². The highest BCUT2D eigenvalue weighted by molar-refractivity contribution is 9.13. The zero-order valence-corrected chi connectivity index (χ0v) is 10.9. The molecule has 0 bridgehead atoms. The first kappa shape index (κ1) is 12.9. The van der Waals surface area contributed by atoms with Gasteiger partial charge in [-0.05, 0) is 44.0 Å². The van der Waals surface area contributed by atoms with Gasteiger partial charge in [0.15, 0.2) is 0 Å². The van der Waals surface area contributed by atoms with Crippen LogP contribution in [0.2, 0.25) is 0 Å². The largest absolute Gasteiger partial charge is 0.478 e. The molecule has 1 N–H and O–H groups in total. The number of nitro groups is 1. The summed E-state index contributed by atoms with van der Waals surface area (Å²) in [6.45, 7) is 0. The van der Waals surface area contributed by atoms with Gasteiger partial charge in [0, 0.05) is 21.1 Å². The van der Waals surface area contributed by atoms with Gasteiger partial charge in [0.2, 0.25) is 0 Å². The Hall–Kier alpha value is -1.21. The lowest BCUT2D eigenvalue weighted by Gasteiger charge is -2.02. The maximum Gasteiger partial charge on any atom is 0.328 e. The number of nitro benzene ring substituents is 1. The van der Waals surface area contributed by atoms with Gasteiger partial charge in [0.25, 0.3) is 5.69 Å². The Morgan fingerprint density at radius 2 is 2.06 bits per heavy atom. The molecule has 0 aliphatic rings. The van der Waals surface area contributed by atoms with Crippen LogP contribution in [-0.2, 0) is 4.79 Å². The molecule has 0 atom stereocenters. The maximum atomic E-state index is 10.7. The molecule has 0 unspecified atom stereocenters. The number of hydrogen-bond donors (Lipinski definition) is 1. The molecule has 1 aromatic carbocycles. The molecule has 84 valence electrons. The fourth-order valence-electron chi connectivity index (χ4n) is 1.03. The van der Waals surface area contributed by atoms with Crippen molar-refractivity contribution in [3.05, 3.63) is 42.8 Å². The number of hydrogen-bond acceptors (Lipinski definition) is 3. The van der Waals surface area contributed by atoms with Crippen molar-refractivity contribution in [1.29, 1.82) is 0 Å². The summed E-state index contributed by atoms with van der Waals surface area (Å²) >= 11 is 6.34. The van der Waals surface area contributed by atoms with Gasteiger partial charge in [-0.15, -0.1) is 0 Å². The summed E-state index contributed by atoms with van der Waals surface area (Å²) in [5.74, 6) is -1.17. The highest BCUT2D eigenvalue weighted by Gasteiger charge is 2.16. The number of rotatable bonds is 3. The van der Waals surface area contributed by atoms with Crippen LogP contribution in [0, 0.1) is 10.1 Å². The lowest BCUT2D eigenvalue weighted by molar-refractivity contribution is -0.385. The number of carbonyl (C=O) groups is 1. The Balaban J connectivity index is 3.37. The molecular weight excluding hydrogens is 346 g/mol. The molecule has 0 aromatic heterocycles. The van der Waals surface area contributed by atoms with Crippen molar-refractivity contribution in [3.8, 4) is 0 Å². The number of nitrogens with zero attached hydrogens (tertiary/aromatic N) is 1. The highest BCUT2D eigenvalue weighted by atomic mass is 79.9. The normalized spacial score (nSPS) is 10.6. The number of aliphatic carboxylic acids is 1. The third-order valence-electron chi connectivity index (χ3n) is 1.70. The second-order valence-electron chi connectivity index (χ2n) is 2.72. The Morgan fingerprint density at radius 1 is 1.44 bits per heavy atom. The first-order valence-corrected chi connectivity index (χ1v) is 5.55. The average Bonchev–Trinajstić information content (AvgIpc) is 2.19. The number of benzene rings is 1. The predicted molar refractivity (Wildman–Crippen MR) is 65.2 cm³/mol. The molecule has 0 saturated carbocycles. The summed E-state index contributed by atoms with van der Waals surface area (Å²) in [5, 5.41) is 19.2. The smallest absolute Gasteiger partial charge is 0.328 e. The van der Waals surface area contributed by atoms with Crippen LogP contribution in [0.3, 0.4) is 0 Å². The van der Waals surface area contributed by atoms with Crippen LogP contribution < -0.4 is 0 Å². The molecule has 1 rings (SSSR count). The van der Waals surface area contributed by atoms with Crippen LogP contribution in [0.15, 0.2) is 27.2 Å². The molecule has 0 heterocycles. The summed E-state index contributed by atoms with van der Waals surface area (Å²) in [7, 11) is 0. The summed E-state index contributed by atoms with van der Waals surface area (Å²) in [4.78, 5) is 20.5. The van der Waals surface area contributed by atoms with Gasteiger partial charge in [0.05, 0.1) is 10.5 Å². The van der Waals surface area contributed by atoms with E-state index in [1.54, 1.807) is 0 Å². The minimum atomic E-state index is -1.17. The van der Waals surface area contributed by atoms with Crippen LogP contribution >= 0.6 is 31.9 Å². The molecular formula is C9H5Br2NO4. The van der Waals surface area contributed by atoms with E-state index >= 15 is 0 Å². The van der Waals surface area contributed by atoms with E-state index in [0.29, 0.717) is 8.95 Å². The third kappa shape index (κ3) is 2.89. The van der Waals surface area contributed by atoms with E-state index in [2.05, 4.69) is 31.9 Å². The molecule has 0 amide bonds. The number of halogens is 2. The van der Waals surface area contributed by atoms with Crippen molar-refractivity contribution in [2.24, 2.45) is 0 Å². The molecule has 0 saturated heterocycles. The van der Waals surface area contributed by atoms with Crippen LogP contribution in [0.5, 0.6) is 0 Å². The molecule has 0 fully saturated rings. The molecule has 1 aromatic rings. The van der Waals surface area contributed by atoms with Gasteiger partial charge in [-0.1, -0.05) is 0 Å². The van der Waals surface area contributed by atoms with Crippen molar-refractivity contribution in [1.82, 2.24) is 0 Å². The Kier molecular flexibility index (Phi) is 4.19. The first-order valence-electron chi connectivity index (χ1n) is 3.97. The standard InChI is InChI=1S/C9H5Br2NO4/c10-6-2-3-7(12(15)16)5(9(6)11)1-4-8(13)14/h1-4H,(H,13,14)/b4-1+. The van der Waals surface area contributed by atoms with Crippen LogP contribution in [0.25, 0.3) is 6.08 Å². The van der Waals surface area contributed by atoms with Crippen LogP contribution in [0.4, 0.5) is 5.69 Å². The van der Waals surface area contributed by atoms with Crippen molar-refractivity contribution in [2.75, 3.05) is 0 Å². The predicted octanol–water partition coefficient (Wildman–Crippen LogP) is 3.22. The van der Waals surface area contributed by atoms with Crippen LogP contribution in [0.1, 0.15) is 5.56 Å². The minimum Gasteiger partial charge on any atom is -0.478 e. The number of carboxylic acid groups (broad SMARTS) is 1. The Morgan fingerprint density at radius 3 is 2.56 bits per heavy atom. The molecule has 0 aliphatic carbocycles. The lowest BCUT2D eigenvalue weighted by Crippen LogP contribution is -1.94. The summed E-state index contributed by atoms with van der Waals surface area (Å²) in [6.07, 6.45) is 2.02. The van der Waals surface area contributed by atoms with Gasteiger partial charge >= 0.3 is 5.97 Å². The summed E-state index contributed by atoms with van der Waals surface area (Å²) in [5.41, 5.74) is 0.0503. The maximum absolute atomic E-state index is 10.7. The van der Waals surface area contributed by atoms with E-state index in [-0.39, 0.29) is 11.3 Å². The van der Waals surface area contributed by atoms with E-state index in [1.165, 1.54) is 18.2 Å². The van der Waals surface area contributed by atoms with E-state index in [1.807, 2.05) is 0 Å². The molecule has 0 aliphatic heterocycles. The Bertz CT molecular complexity index is 485.